The van der Waals surface area contributed by atoms with E-state index in [0.717, 1.165) is 12.0 Å². The number of ether oxygens (including phenoxy) is 1. The van der Waals surface area contributed by atoms with Crippen molar-refractivity contribution in [3.05, 3.63) is 59.9 Å². The molecular formula is C18H21N3O3. The van der Waals surface area contributed by atoms with Crippen LogP contribution >= 0.6 is 0 Å². The summed E-state index contributed by atoms with van der Waals surface area (Å²) in [7, 11) is 3.26. The fourth-order valence-electron chi connectivity index (χ4n) is 2.13. The van der Waals surface area contributed by atoms with Gasteiger partial charge in [0.1, 0.15) is 5.75 Å². The second-order valence-corrected chi connectivity index (χ2v) is 5.34. The molecule has 0 spiro atoms. The molecule has 0 aliphatic rings. The number of hydrogen-bond donors (Lipinski definition) is 1. The average molecular weight is 327 g/mol. The van der Waals surface area contributed by atoms with E-state index in [9.17, 15) is 9.59 Å². The van der Waals surface area contributed by atoms with E-state index in [1.165, 1.54) is 7.11 Å². The molecule has 1 aromatic carbocycles. The van der Waals surface area contributed by atoms with Crippen LogP contribution in [0.2, 0.25) is 0 Å². The molecule has 6 heteroatoms. The minimum absolute atomic E-state index is 0.0388. The van der Waals surface area contributed by atoms with Crippen molar-refractivity contribution in [2.75, 3.05) is 27.2 Å². The standard InChI is InChI=1S/C18H21N3O3/c1-21(11-8-14-6-9-19-10-7-14)17(22)13-20-18(23)15-4-3-5-16(12-15)24-2/h3-7,9-10,12H,8,11,13H2,1-2H3,(H,20,23). The van der Waals surface area contributed by atoms with Crippen molar-refractivity contribution >= 4 is 11.8 Å². The third-order valence-corrected chi connectivity index (χ3v) is 3.64. The Hall–Kier alpha value is -2.89. The summed E-state index contributed by atoms with van der Waals surface area (Å²) in [5.41, 5.74) is 1.58. The van der Waals surface area contributed by atoms with E-state index < -0.39 is 0 Å². The fourth-order valence-corrected chi connectivity index (χ4v) is 2.13. The van der Waals surface area contributed by atoms with Gasteiger partial charge in [0.05, 0.1) is 13.7 Å². The molecule has 1 heterocycles. The number of nitrogens with one attached hydrogen (secondary N) is 1. The Labute approximate surface area is 141 Å². The first-order chi connectivity index (χ1) is 11.6. The second kappa shape index (κ2) is 8.67. The van der Waals surface area contributed by atoms with Gasteiger partial charge in [-0.05, 0) is 42.3 Å². The maximum absolute atomic E-state index is 12.1. The quantitative estimate of drug-likeness (QED) is 0.837. The molecule has 1 N–H and O–H groups in total. The van der Waals surface area contributed by atoms with E-state index in [2.05, 4.69) is 10.3 Å². The molecule has 126 valence electrons. The first-order valence-corrected chi connectivity index (χ1v) is 7.65. The van der Waals surface area contributed by atoms with Crippen LogP contribution in [-0.4, -0.2) is 48.9 Å². The number of amides is 2. The summed E-state index contributed by atoms with van der Waals surface area (Å²) in [6.07, 6.45) is 4.20. The van der Waals surface area contributed by atoms with Gasteiger partial charge in [-0.25, -0.2) is 0 Å². The van der Waals surface area contributed by atoms with Crippen LogP contribution in [0.15, 0.2) is 48.8 Å². The Morgan fingerprint density at radius 1 is 1.21 bits per heavy atom. The minimum Gasteiger partial charge on any atom is -0.497 e. The van der Waals surface area contributed by atoms with Gasteiger partial charge in [0.25, 0.3) is 5.91 Å². The van der Waals surface area contributed by atoms with E-state index in [1.54, 1.807) is 48.6 Å². The van der Waals surface area contributed by atoms with E-state index in [-0.39, 0.29) is 18.4 Å². The summed E-state index contributed by atoms with van der Waals surface area (Å²) >= 11 is 0. The van der Waals surface area contributed by atoms with Crippen LogP contribution in [0.5, 0.6) is 5.75 Å². The number of carbonyl (C=O) groups is 2. The highest BCUT2D eigenvalue weighted by Crippen LogP contribution is 2.12. The van der Waals surface area contributed by atoms with Crippen molar-refractivity contribution in [3.8, 4) is 5.75 Å². The lowest BCUT2D eigenvalue weighted by atomic mass is 10.2. The van der Waals surface area contributed by atoms with Crippen molar-refractivity contribution in [2.45, 2.75) is 6.42 Å². The lowest BCUT2D eigenvalue weighted by Gasteiger charge is -2.17. The normalized spacial score (nSPS) is 10.1. The highest BCUT2D eigenvalue weighted by molar-refractivity contribution is 5.96. The molecule has 0 aliphatic carbocycles. The molecule has 2 aromatic rings. The maximum Gasteiger partial charge on any atom is 0.251 e. The number of rotatable bonds is 7. The van der Waals surface area contributed by atoms with E-state index in [1.807, 2.05) is 12.1 Å². The van der Waals surface area contributed by atoms with E-state index in [4.69, 9.17) is 4.74 Å². The zero-order valence-electron chi connectivity index (χ0n) is 13.9. The van der Waals surface area contributed by atoms with Crippen LogP contribution in [0, 0.1) is 0 Å². The Bertz CT molecular complexity index is 689. The molecular weight excluding hydrogens is 306 g/mol. The van der Waals surface area contributed by atoms with Crippen molar-refractivity contribution in [1.82, 2.24) is 15.2 Å². The zero-order valence-corrected chi connectivity index (χ0v) is 13.9. The number of methoxy groups -OCH3 is 1. The van der Waals surface area contributed by atoms with Crippen LogP contribution in [0.4, 0.5) is 0 Å². The highest BCUT2D eigenvalue weighted by Gasteiger charge is 2.12. The number of likely N-dealkylation sites (N-methyl/N-ethyl adjacent to an activating group) is 1. The monoisotopic (exact) mass is 327 g/mol. The third kappa shape index (κ3) is 5.08. The number of pyridine rings is 1. The molecule has 0 fully saturated rings. The SMILES string of the molecule is COc1cccc(C(=O)NCC(=O)N(C)CCc2ccncc2)c1. The molecule has 24 heavy (non-hydrogen) atoms. The second-order valence-electron chi connectivity index (χ2n) is 5.34. The Morgan fingerprint density at radius 3 is 2.67 bits per heavy atom. The maximum atomic E-state index is 12.1. The van der Waals surface area contributed by atoms with Crippen LogP contribution in [0.25, 0.3) is 0 Å². The Kier molecular flexibility index (Phi) is 6.31. The molecule has 2 amide bonds. The number of aromatic nitrogens is 1. The molecule has 2 rings (SSSR count). The summed E-state index contributed by atoms with van der Waals surface area (Å²) in [6, 6.07) is 10.6. The van der Waals surface area contributed by atoms with Gasteiger partial charge in [-0.3, -0.25) is 14.6 Å². The highest BCUT2D eigenvalue weighted by atomic mass is 16.5. The molecule has 0 saturated heterocycles. The van der Waals surface area contributed by atoms with Gasteiger partial charge in [-0.2, -0.15) is 0 Å². The van der Waals surface area contributed by atoms with Gasteiger partial charge in [-0.15, -0.1) is 0 Å². The summed E-state index contributed by atoms with van der Waals surface area (Å²) in [4.78, 5) is 29.7. The molecule has 0 aliphatic heterocycles. The van der Waals surface area contributed by atoms with Gasteiger partial charge >= 0.3 is 0 Å². The first-order valence-electron chi connectivity index (χ1n) is 7.65. The van der Waals surface area contributed by atoms with Crippen molar-refractivity contribution in [1.29, 1.82) is 0 Å². The van der Waals surface area contributed by atoms with Gasteiger partial charge < -0.3 is 15.0 Å². The number of hydrogen-bond acceptors (Lipinski definition) is 4. The smallest absolute Gasteiger partial charge is 0.251 e. The number of nitrogens with zero attached hydrogens (tertiary/aromatic N) is 2. The minimum atomic E-state index is -0.301. The molecule has 6 nitrogen and oxygen atoms in total. The van der Waals surface area contributed by atoms with Gasteiger partial charge in [-0.1, -0.05) is 6.07 Å². The Morgan fingerprint density at radius 2 is 1.96 bits per heavy atom. The predicted molar refractivity (Wildman–Crippen MR) is 90.9 cm³/mol. The van der Waals surface area contributed by atoms with Gasteiger partial charge in [0, 0.05) is 31.5 Å². The number of carbonyl (C=O) groups excluding carboxylic acids is 2. The number of benzene rings is 1. The lowest BCUT2D eigenvalue weighted by Crippen LogP contribution is -2.39. The summed E-state index contributed by atoms with van der Waals surface area (Å²) in [5, 5.41) is 2.63. The topological polar surface area (TPSA) is 71.5 Å². The molecule has 0 bridgehead atoms. The predicted octanol–water partition coefficient (Wildman–Crippen LogP) is 1.52. The zero-order chi connectivity index (χ0) is 17.4. The third-order valence-electron chi connectivity index (χ3n) is 3.64. The van der Waals surface area contributed by atoms with Crippen molar-refractivity contribution in [2.24, 2.45) is 0 Å². The van der Waals surface area contributed by atoms with Crippen LogP contribution in [-0.2, 0) is 11.2 Å². The molecule has 0 unspecified atom stereocenters. The summed E-state index contributed by atoms with van der Waals surface area (Å²) in [6.45, 7) is 0.542. The summed E-state index contributed by atoms with van der Waals surface area (Å²) < 4.78 is 5.08. The largest absolute Gasteiger partial charge is 0.497 e. The fraction of sp³-hybridized carbons (Fsp3) is 0.278. The molecule has 0 atom stereocenters. The Balaban J connectivity index is 1.80. The molecule has 0 saturated carbocycles. The van der Waals surface area contributed by atoms with Crippen LogP contribution < -0.4 is 10.1 Å². The molecule has 1 aromatic heterocycles. The van der Waals surface area contributed by atoms with Crippen molar-refractivity contribution in [3.63, 3.8) is 0 Å². The lowest BCUT2D eigenvalue weighted by molar-refractivity contribution is -0.128. The van der Waals surface area contributed by atoms with Gasteiger partial charge in [0.2, 0.25) is 5.91 Å². The molecule has 0 radical (unpaired) electrons. The van der Waals surface area contributed by atoms with E-state index >= 15 is 0 Å². The van der Waals surface area contributed by atoms with E-state index in [0.29, 0.717) is 17.9 Å². The van der Waals surface area contributed by atoms with Gasteiger partial charge in [0.15, 0.2) is 0 Å². The first kappa shape index (κ1) is 17.5. The summed E-state index contributed by atoms with van der Waals surface area (Å²) in [5.74, 6) is 0.161. The van der Waals surface area contributed by atoms with Crippen LogP contribution in [0.3, 0.4) is 0 Å². The van der Waals surface area contributed by atoms with Crippen LogP contribution in [0.1, 0.15) is 15.9 Å². The van der Waals surface area contributed by atoms with Crippen molar-refractivity contribution < 1.29 is 14.3 Å². The average Bonchev–Trinajstić information content (AvgIpc) is 2.64.